The Morgan fingerprint density at radius 3 is 2.77 bits per heavy atom. The number of amides is 1. The molecule has 0 spiro atoms. The minimum absolute atomic E-state index is 0.0889. The number of halogens is 1. The first kappa shape index (κ1) is 15.2. The first-order chi connectivity index (χ1) is 10.7. The van der Waals surface area contributed by atoms with Gasteiger partial charge >= 0.3 is 0 Å². The summed E-state index contributed by atoms with van der Waals surface area (Å²) < 4.78 is 11.3. The number of carbonyl (C=O) groups is 1. The highest BCUT2D eigenvalue weighted by Crippen LogP contribution is 2.30. The van der Waals surface area contributed by atoms with Gasteiger partial charge in [-0.2, -0.15) is 0 Å². The molecule has 1 amide bonds. The number of pyridine rings is 1. The van der Waals surface area contributed by atoms with Crippen LogP contribution in [0.4, 0.5) is 0 Å². The topological polar surface area (TPSA) is 64.4 Å². The second kappa shape index (κ2) is 7.07. The first-order valence-corrected chi connectivity index (χ1v) is 8.07. The molecular formula is C16H17BrN2O3. The Kier molecular flexibility index (Phi) is 4.90. The maximum Gasteiger partial charge on any atom is 0.287 e. The van der Waals surface area contributed by atoms with Gasteiger partial charge in [-0.25, -0.2) is 0 Å². The average Bonchev–Trinajstić information content (AvgIpc) is 3.01. The van der Waals surface area contributed by atoms with E-state index in [-0.39, 0.29) is 11.9 Å². The normalized spacial score (nSPS) is 17.1. The summed E-state index contributed by atoms with van der Waals surface area (Å²) in [5.41, 5.74) is 1.01. The van der Waals surface area contributed by atoms with Gasteiger partial charge in [-0.05, 0) is 58.5 Å². The molecule has 3 heterocycles. The molecule has 2 aromatic heterocycles. The van der Waals surface area contributed by atoms with Crippen molar-refractivity contribution >= 4 is 21.8 Å². The molecule has 1 aliphatic rings. The lowest BCUT2D eigenvalue weighted by atomic mass is 9.87. The van der Waals surface area contributed by atoms with Crippen LogP contribution in [0.5, 0.6) is 0 Å². The lowest BCUT2D eigenvalue weighted by Crippen LogP contribution is -2.36. The Morgan fingerprint density at radius 2 is 2.14 bits per heavy atom. The maximum atomic E-state index is 12.4. The second-order valence-corrected chi connectivity index (χ2v) is 6.07. The number of ether oxygens (including phenoxy) is 1. The van der Waals surface area contributed by atoms with Gasteiger partial charge < -0.3 is 14.5 Å². The van der Waals surface area contributed by atoms with Gasteiger partial charge in [0.2, 0.25) is 0 Å². The number of rotatable bonds is 4. The maximum absolute atomic E-state index is 12.4. The van der Waals surface area contributed by atoms with Gasteiger partial charge in [0.25, 0.3) is 5.91 Å². The second-order valence-electron chi connectivity index (χ2n) is 5.29. The fourth-order valence-electron chi connectivity index (χ4n) is 2.73. The van der Waals surface area contributed by atoms with Crippen LogP contribution < -0.4 is 5.32 Å². The molecule has 5 nitrogen and oxygen atoms in total. The largest absolute Gasteiger partial charge is 0.444 e. The number of hydrogen-bond acceptors (Lipinski definition) is 4. The van der Waals surface area contributed by atoms with Crippen molar-refractivity contribution in [3.05, 3.63) is 52.7 Å². The quantitative estimate of drug-likeness (QED) is 0.903. The van der Waals surface area contributed by atoms with Crippen molar-refractivity contribution in [3.63, 3.8) is 0 Å². The van der Waals surface area contributed by atoms with Gasteiger partial charge in [0, 0.05) is 25.6 Å². The molecule has 0 saturated carbocycles. The molecule has 1 N–H and O–H groups in total. The van der Waals surface area contributed by atoms with E-state index in [0.717, 1.165) is 31.6 Å². The third-order valence-corrected chi connectivity index (χ3v) is 4.29. The number of aromatic nitrogens is 1. The van der Waals surface area contributed by atoms with E-state index in [9.17, 15) is 4.79 Å². The van der Waals surface area contributed by atoms with Crippen LogP contribution in [-0.4, -0.2) is 24.1 Å². The Balaban J connectivity index is 1.80. The highest BCUT2D eigenvalue weighted by atomic mass is 79.9. The van der Waals surface area contributed by atoms with E-state index >= 15 is 0 Å². The average molecular weight is 365 g/mol. The van der Waals surface area contributed by atoms with Crippen LogP contribution in [-0.2, 0) is 4.74 Å². The Hall–Kier alpha value is -1.66. The molecule has 2 aromatic rings. The fraction of sp³-hybridized carbons (Fsp3) is 0.375. The van der Waals surface area contributed by atoms with Crippen molar-refractivity contribution in [2.45, 2.75) is 18.9 Å². The van der Waals surface area contributed by atoms with E-state index in [1.165, 1.54) is 0 Å². The third-order valence-electron chi connectivity index (χ3n) is 3.86. The molecule has 1 unspecified atom stereocenters. The number of carbonyl (C=O) groups excluding carboxylic acids is 1. The SMILES string of the molecule is O=C(NC(c1cccnc1)C1CCOCC1)c1ccc(Br)o1. The standard InChI is InChI=1S/C16H17BrN2O3/c17-14-4-3-13(22-14)16(20)19-15(11-5-8-21-9-6-11)12-2-1-7-18-10-12/h1-4,7,10-11,15H,5-6,8-9H2,(H,19,20). The van der Waals surface area contributed by atoms with Gasteiger partial charge in [-0.3, -0.25) is 9.78 Å². The van der Waals surface area contributed by atoms with Crippen LogP contribution in [0.3, 0.4) is 0 Å². The summed E-state index contributed by atoms with van der Waals surface area (Å²) in [4.78, 5) is 16.6. The molecule has 1 atom stereocenters. The van der Waals surface area contributed by atoms with Crippen molar-refractivity contribution in [2.24, 2.45) is 5.92 Å². The Labute approximate surface area is 137 Å². The fourth-order valence-corrected chi connectivity index (χ4v) is 3.04. The zero-order chi connectivity index (χ0) is 15.4. The molecule has 1 saturated heterocycles. The van der Waals surface area contributed by atoms with Crippen LogP contribution in [0.2, 0.25) is 0 Å². The van der Waals surface area contributed by atoms with Crippen LogP contribution in [0, 0.1) is 5.92 Å². The van der Waals surface area contributed by atoms with Gasteiger partial charge in [0.15, 0.2) is 10.4 Å². The number of nitrogens with one attached hydrogen (secondary N) is 1. The van der Waals surface area contributed by atoms with Gasteiger partial charge in [0.1, 0.15) is 0 Å². The van der Waals surface area contributed by atoms with Crippen LogP contribution in [0.25, 0.3) is 0 Å². The molecule has 1 fully saturated rings. The van der Waals surface area contributed by atoms with E-state index in [4.69, 9.17) is 9.15 Å². The highest BCUT2D eigenvalue weighted by molar-refractivity contribution is 9.10. The van der Waals surface area contributed by atoms with E-state index < -0.39 is 0 Å². The van der Waals surface area contributed by atoms with Gasteiger partial charge in [0.05, 0.1) is 6.04 Å². The number of hydrogen-bond donors (Lipinski definition) is 1. The van der Waals surface area contributed by atoms with Crippen LogP contribution in [0.15, 0.2) is 45.7 Å². The van der Waals surface area contributed by atoms with E-state index in [2.05, 4.69) is 26.2 Å². The summed E-state index contributed by atoms with van der Waals surface area (Å²) in [5, 5.41) is 3.08. The molecule has 0 aliphatic carbocycles. The third kappa shape index (κ3) is 3.56. The summed E-state index contributed by atoms with van der Waals surface area (Å²) in [5.74, 6) is 0.416. The highest BCUT2D eigenvalue weighted by Gasteiger charge is 2.28. The summed E-state index contributed by atoms with van der Waals surface area (Å²) in [6.45, 7) is 1.45. The van der Waals surface area contributed by atoms with Gasteiger partial charge in [-0.15, -0.1) is 0 Å². The minimum Gasteiger partial charge on any atom is -0.444 e. The smallest absolute Gasteiger partial charge is 0.287 e. The van der Waals surface area contributed by atoms with Crippen molar-refractivity contribution in [2.75, 3.05) is 13.2 Å². The lowest BCUT2D eigenvalue weighted by Gasteiger charge is -2.30. The van der Waals surface area contributed by atoms with E-state index in [0.29, 0.717) is 16.3 Å². The van der Waals surface area contributed by atoms with Crippen molar-refractivity contribution in [1.29, 1.82) is 0 Å². The Bertz CT molecular complexity index is 623. The van der Waals surface area contributed by atoms with Crippen molar-refractivity contribution in [3.8, 4) is 0 Å². The number of furan rings is 1. The molecule has 22 heavy (non-hydrogen) atoms. The number of nitrogens with zero attached hydrogens (tertiary/aromatic N) is 1. The summed E-state index contributed by atoms with van der Waals surface area (Å²) >= 11 is 3.21. The lowest BCUT2D eigenvalue weighted by molar-refractivity contribution is 0.0509. The Morgan fingerprint density at radius 1 is 1.32 bits per heavy atom. The zero-order valence-corrected chi connectivity index (χ0v) is 13.6. The summed E-state index contributed by atoms with van der Waals surface area (Å²) in [6.07, 6.45) is 5.37. The predicted octanol–water partition coefficient (Wildman–Crippen LogP) is 3.33. The van der Waals surface area contributed by atoms with Crippen molar-refractivity contribution < 1.29 is 13.9 Å². The minimum atomic E-state index is -0.217. The van der Waals surface area contributed by atoms with Gasteiger partial charge in [-0.1, -0.05) is 6.07 Å². The molecule has 6 heteroatoms. The molecule has 0 radical (unpaired) electrons. The molecular weight excluding hydrogens is 348 g/mol. The molecule has 0 bridgehead atoms. The monoisotopic (exact) mass is 364 g/mol. The van der Waals surface area contributed by atoms with E-state index in [1.807, 2.05) is 12.1 Å². The first-order valence-electron chi connectivity index (χ1n) is 7.28. The summed E-state index contributed by atoms with van der Waals surface area (Å²) in [6, 6.07) is 7.16. The predicted molar refractivity (Wildman–Crippen MR) is 84.4 cm³/mol. The zero-order valence-electron chi connectivity index (χ0n) is 12.0. The molecule has 3 rings (SSSR count). The van der Waals surface area contributed by atoms with Crippen LogP contribution >= 0.6 is 15.9 Å². The summed E-state index contributed by atoms with van der Waals surface area (Å²) in [7, 11) is 0. The van der Waals surface area contributed by atoms with Crippen molar-refractivity contribution in [1.82, 2.24) is 10.3 Å². The molecule has 1 aliphatic heterocycles. The molecule has 116 valence electrons. The van der Waals surface area contributed by atoms with E-state index in [1.54, 1.807) is 24.5 Å². The van der Waals surface area contributed by atoms with Crippen LogP contribution in [0.1, 0.15) is 35.0 Å². The molecule has 0 aromatic carbocycles.